The minimum atomic E-state index is -1.21. The topological polar surface area (TPSA) is 147 Å². The van der Waals surface area contributed by atoms with Crippen LogP contribution in [0, 0.1) is 0 Å². The molecule has 0 aliphatic rings. The van der Waals surface area contributed by atoms with Crippen molar-refractivity contribution >= 4 is 46.0 Å². The molecule has 0 fully saturated rings. The van der Waals surface area contributed by atoms with Crippen LogP contribution in [0.5, 0.6) is 5.75 Å². The predicted octanol–water partition coefficient (Wildman–Crippen LogP) is 4.67. The van der Waals surface area contributed by atoms with Crippen molar-refractivity contribution in [2.24, 2.45) is 0 Å². The van der Waals surface area contributed by atoms with Gasteiger partial charge in [-0.3, -0.25) is 9.59 Å². The third-order valence-electron chi connectivity index (χ3n) is 6.29. The van der Waals surface area contributed by atoms with Crippen LogP contribution in [0.1, 0.15) is 18.4 Å². The number of carbonyl (C=O) groups excluding carboxylic acids is 2. The molecule has 2 amide bonds. The van der Waals surface area contributed by atoms with E-state index in [2.05, 4.69) is 10.6 Å². The first-order chi connectivity index (χ1) is 19.7. The molecule has 4 aromatic rings. The maximum absolute atomic E-state index is 13.3. The molecule has 0 unspecified atom stereocenters. The third kappa shape index (κ3) is 7.41. The van der Waals surface area contributed by atoms with Gasteiger partial charge in [0.25, 0.3) is 0 Å². The molecule has 0 spiro atoms. The normalized spacial score (nSPS) is 11.4. The fourth-order valence-electron chi connectivity index (χ4n) is 4.18. The molecule has 4 rings (SSSR count). The number of amides is 2. The molecule has 0 saturated carbocycles. The van der Waals surface area contributed by atoms with E-state index < -0.39 is 29.6 Å². The van der Waals surface area contributed by atoms with E-state index in [0.717, 1.165) is 5.56 Å². The minimum absolute atomic E-state index is 0.0192. The molecule has 3 aromatic carbocycles. The molecular weight excluding hydrogens is 530 g/mol. The number of benzene rings is 3. The number of para-hydroxylation sites is 1. The van der Waals surface area contributed by atoms with Crippen molar-refractivity contribution in [3.05, 3.63) is 94.8 Å². The summed E-state index contributed by atoms with van der Waals surface area (Å²) in [5.41, 5.74) is 2.13. The summed E-state index contributed by atoms with van der Waals surface area (Å²) >= 11 is 0. The van der Waals surface area contributed by atoms with Crippen LogP contribution in [0.3, 0.4) is 0 Å². The molecular formula is C30H29N3O8. The summed E-state index contributed by atoms with van der Waals surface area (Å²) in [6.07, 6.45) is -1.40. The number of rotatable bonds is 11. The van der Waals surface area contributed by atoms with Crippen molar-refractivity contribution in [3.8, 4) is 5.75 Å². The van der Waals surface area contributed by atoms with E-state index in [1.807, 2.05) is 18.2 Å². The van der Waals surface area contributed by atoms with Crippen LogP contribution >= 0.6 is 0 Å². The van der Waals surface area contributed by atoms with Crippen LogP contribution in [0.15, 0.2) is 88.1 Å². The van der Waals surface area contributed by atoms with E-state index in [1.165, 1.54) is 13.2 Å². The van der Waals surface area contributed by atoms with Crippen LogP contribution in [0.4, 0.5) is 21.9 Å². The Hall–Kier alpha value is -5.32. The number of carboxylic acid groups (broad SMARTS) is 1. The van der Waals surface area contributed by atoms with Gasteiger partial charge in [-0.05, 0) is 42.3 Å². The molecule has 0 bridgehead atoms. The lowest BCUT2D eigenvalue weighted by atomic mass is 10.1. The Morgan fingerprint density at radius 3 is 2.46 bits per heavy atom. The van der Waals surface area contributed by atoms with E-state index in [4.69, 9.17) is 13.9 Å². The molecule has 41 heavy (non-hydrogen) atoms. The van der Waals surface area contributed by atoms with Crippen LogP contribution in [0.2, 0.25) is 0 Å². The van der Waals surface area contributed by atoms with Crippen molar-refractivity contribution in [2.45, 2.75) is 25.5 Å². The monoisotopic (exact) mass is 559 g/mol. The van der Waals surface area contributed by atoms with Gasteiger partial charge in [-0.25, -0.2) is 9.59 Å². The van der Waals surface area contributed by atoms with Crippen LogP contribution < -0.4 is 25.9 Å². The highest BCUT2D eigenvalue weighted by Crippen LogP contribution is 2.34. The number of carbonyl (C=O) groups is 3. The Morgan fingerprint density at radius 2 is 1.73 bits per heavy atom. The zero-order valence-corrected chi connectivity index (χ0v) is 22.5. The Bertz CT molecular complexity index is 1600. The van der Waals surface area contributed by atoms with E-state index in [1.54, 1.807) is 66.5 Å². The molecule has 0 radical (unpaired) electrons. The highest BCUT2D eigenvalue weighted by molar-refractivity contribution is 5.99. The third-order valence-corrected chi connectivity index (χ3v) is 6.29. The number of aliphatic carboxylic acids is 1. The van der Waals surface area contributed by atoms with Crippen molar-refractivity contribution in [1.29, 1.82) is 0 Å². The number of anilines is 3. The average molecular weight is 560 g/mol. The number of nitrogens with zero attached hydrogens (tertiary/aromatic N) is 1. The molecule has 0 saturated heterocycles. The molecule has 1 atom stereocenters. The van der Waals surface area contributed by atoms with Gasteiger partial charge in [-0.2, -0.15) is 0 Å². The maximum Gasteiger partial charge on any atom is 0.408 e. The van der Waals surface area contributed by atoms with E-state index in [0.29, 0.717) is 28.1 Å². The second kappa shape index (κ2) is 13.2. The van der Waals surface area contributed by atoms with Gasteiger partial charge in [-0.15, -0.1) is 0 Å². The lowest BCUT2D eigenvalue weighted by Gasteiger charge is -2.23. The van der Waals surface area contributed by atoms with Crippen molar-refractivity contribution < 1.29 is 33.4 Å². The highest BCUT2D eigenvalue weighted by Gasteiger charge is 2.24. The number of ether oxygens (including phenoxy) is 2. The zero-order chi connectivity index (χ0) is 29.4. The number of carboxylic acids is 1. The summed E-state index contributed by atoms with van der Waals surface area (Å²) in [5, 5.41) is 15.1. The molecule has 1 heterocycles. The van der Waals surface area contributed by atoms with Crippen LogP contribution in [-0.4, -0.2) is 43.3 Å². The first kappa shape index (κ1) is 28.7. The predicted molar refractivity (Wildman–Crippen MR) is 153 cm³/mol. The van der Waals surface area contributed by atoms with Crippen molar-refractivity contribution in [1.82, 2.24) is 5.32 Å². The van der Waals surface area contributed by atoms with Gasteiger partial charge in [-0.1, -0.05) is 42.5 Å². The molecule has 11 nitrogen and oxygen atoms in total. The van der Waals surface area contributed by atoms with Gasteiger partial charge in [0.15, 0.2) is 0 Å². The maximum atomic E-state index is 13.3. The summed E-state index contributed by atoms with van der Waals surface area (Å²) < 4.78 is 15.9. The van der Waals surface area contributed by atoms with E-state index in [9.17, 15) is 24.3 Å². The number of hydrogen-bond donors (Lipinski definition) is 3. The van der Waals surface area contributed by atoms with Gasteiger partial charge in [0, 0.05) is 30.6 Å². The van der Waals surface area contributed by atoms with Gasteiger partial charge in [0.2, 0.25) is 5.91 Å². The first-order valence-electron chi connectivity index (χ1n) is 12.7. The molecule has 1 aromatic heterocycles. The first-order valence-corrected chi connectivity index (χ1v) is 12.7. The Morgan fingerprint density at radius 1 is 1.00 bits per heavy atom. The number of alkyl carbamates (subject to hydrolysis) is 1. The number of methoxy groups -OCH3 is 1. The molecule has 212 valence electrons. The summed E-state index contributed by atoms with van der Waals surface area (Å²) in [6.45, 7) is -0.0192. The lowest BCUT2D eigenvalue weighted by Crippen LogP contribution is -2.44. The van der Waals surface area contributed by atoms with Crippen molar-refractivity contribution in [2.75, 3.05) is 24.4 Å². The van der Waals surface area contributed by atoms with Gasteiger partial charge >= 0.3 is 17.7 Å². The fraction of sp³-hybridized carbons (Fsp3) is 0.200. The van der Waals surface area contributed by atoms with Crippen LogP contribution in [0.25, 0.3) is 11.0 Å². The average Bonchev–Trinajstić information content (AvgIpc) is 2.97. The second-order valence-corrected chi connectivity index (χ2v) is 9.07. The smallest absolute Gasteiger partial charge is 0.408 e. The number of nitrogens with one attached hydrogen (secondary N) is 2. The Kier molecular flexibility index (Phi) is 9.20. The number of hydrogen-bond acceptors (Lipinski definition) is 8. The molecule has 3 N–H and O–H groups in total. The minimum Gasteiger partial charge on any atom is -0.495 e. The van der Waals surface area contributed by atoms with E-state index in [-0.39, 0.29) is 25.1 Å². The SMILES string of the molecule is COc1ccc(N(C)c2cc(=O)oc3ccccc23)cc1NC(=O)[C@H](CCC(=O)O)NC(=O)OCc1ccccc1. The van der Waals surface area contributed by atoms with Crippen LogP contribution in [-0.2, 0) is 20.9 Å². The number of fused-ring (bicyclic) bond motifs is 1. The summed E-state index contributed by atoms with van der Waals surface area (Å²) in [6, 6.07) is 21.3. The van der Waals surface area contributed by atoms with E-state index >= 15 is 0 Å². The fourth-order valence-corrected chi connectivity index (χ4v) is 4.18. The van der Waals surface area contributed by atoms with Gasteiger partial charge in [0.1, 0.15) is 24.0 Å². The standard InChI is InChI=1S/C30H29N3O8/c1-33(24-17-28(36)41-25-11-7-6-10-21(24)25)20-12-14-26(39-2)23(16-20)31-29(37)22(13-15-27(34)35)32-30(38)40-18-19-8-4-3-5-9-19/h3-12,14,16-17,22H,13,15,18H2,1-2H3,(H,31,37)(H,32,38)(H,34,35)/t22-/m0/s1. The van der Waals surface area contributed by atoms with Gasteiger partial charge < -0.3 is 34.5 Å². The molecule has 0 aliphatic heterocycles. The summed E-state index contributed by atoms with van der Waals surface area (Å²) in [7, 11) is 3.19. The second-order valence-electron chi connectivity index (χ2n) is 9.07. The quantitative estimate of drug-likeness (QED) is 0.223. The molecule has 11 heteroatoms. The summed E-state index contributed by atoms with van der Waals surface area (Å²) in [4.78, 5) is 50.9. The Labute approximate surface area is 235 Å². The Balaban J connectivity index is 1.55. The largest absolute Gasteiger partial charge is 0.495 e. The lowest BCUT2D eigenvalue weighted by molar-refractivity contribution is -0.137. The zero-order valence-electron chi connectivity index (χ0n) is 22.5. The summed E-state index contributed by atoms with van der Waals surface area (Å²) in [5.74, 6) is -1.45. The molecule has 0 aliphatic carbocycles. The van der Waals surface area contributed by atoms with Crippen molar-refractivity contribution in [3.63, 3.8) is 0 Å². The highest BCUT2D eigenvalue weighted by atomic mass is 16.5. The van der Waals surface area contributed by atoms with Gasteiger partial charge in [0.05, 0.1) is 18.5 Å².